The van der Waals surface area contributed by atoms with E-state index in [4.69, 9.17) is 9.15 Å². The molecule has 0 unspecified atom stereocenters. The maximum Gasteiger partial charge on any atom is 0.291 e. The predicted octanol–water partition coefficient (Wildman–Crippen LogP) is 4.87. The molecule has 0 saturated carbocycles. The standard InChI is InChI=1S/C27H23NO5/c1-15-4-7-17(8-5-15)14-28-24(18-9-10-20(29)22(13-18)32-3)23-25(30)19-12-16(2)6-11-21(19)33-26(23)27(28)31/h4-13,24,29H,14H2,1-3H3/t24-/m0/s1. The minimum Gasteiger partial charge on any atom is -0.504 e. The molecule has 1 aromatic heterocycles. The largest absolute Gasteiger partial charge is 0.504 e. The number of amides is 1. The van der Waals surface area contributed by atoms with E-state index in [0.29, 0.717) is 28.6 Å². The van der Waals surface area contributed by atoms with Crippen molar-refractivity contribution in [3.63, 3.8) is 0 Å². The van der Waals surface area contributed by atoms with Gasteiger partial charge in [-0.2, -0.15) is 0 Å². The zero-order valence-electron chi connectivity index (χ0n) is 18.6. The lowest BCUT2D eigenvalue weighted by Crippen LogP contribution is -2.29. The smallest absolute Gasteiger partial charge is 0.291 e. The summed E-state index contributed by atoms with van der Waals surface area (Å²) >= 11 is 0. The SMILES string of the molecule is COc1cc([C@H]2c3c(oc4ccc(C)cc4c3=O)C(=O)N2Cc2ccc(C)cc2)ccc1O. The third-order valence-electron chi connectivity index (χ3n) is 6.11. The van der Waals surface area contributed by atoms with Crippen LogP contribution in [0.4, 0.5) is 0 Å². The second kappa shape index (κ2) is 7.81. The Bertz CT molecular complexity index is 1450. The predicted molar refractivity (Wildman–Crippen MR) is 125 cm³/mol. The van der Waals surface area contributed by atoms with E-state index in [1.165, 1.54) is 13.2 Å². The normalized spacial score (nSPS) is 15.2. The zero-order chi connectivity index (χ0) is 23.3. The Morgan fingerprint density at radius 3 is 2.42 bits per heavy atom. The number of carbonyl (C=O) groups is 1. The molecule has 0 fully saturated rings. The molecule has 4 aromatic rings. The van der Waals surface area contributed by atoms with Gasteiger partial charge in [-0.05, 0) is 49.2 Å². The first-order chi connectivity index (χ1) is 15.9. The molecule has 0 radical (unpaired) electrons. The third-order valence-corrected chi connectivity index (χ3v) is 6.11. The highest BCUT2D eigenvalue weighted by atomic mass is 16.5. The molecule has 33 heavy (non-hydrogen) atoms. The summed E-state index contributed by atoms with van der Waals surface area (Å²) in [5.41, 5.74) is 4.10. The summed E-state index contributed by atoms with van der Waals surface area (Å²) < 4.78 is 11.3. The number of rotatable bonds is 4. The summed E-state index contributed by atoms with van der Waals surface area (Å²) in [5.74, 6) is -0.0375. The lowest BCUT2D eigenvalue weighted by molar-refractivity contribution is 0.0714. The van der Waals surface area contributed by atoms with Crippen LogP contribution >= 0.6 is 0 Å². The lowest BCUT2D eigenvalue weighted by atomic mass is 9.97. The highest BCUT2D eigenvalue weighted by molar-refractivity contribution is 5.99. The summed E-state index contributed by atoms with van der Waals surface area (Å²) in [6, 6.07) is 17.5. The van der Waals surface area contributed by atoms with Gasteiger partial charge >= 0.3 is 0 Å². The van der Waals surface area contributed by atoms with E-state index in [0.717, 1.165) is 16.7 Å². The van der Waals surface area contributed by atoms with Crippen LogP contribution in [0.5, 0.6) is 11.5 Å². The van der Waals surface area contributed by atoms with Gasteiger partial charge in [0.1, 0.15) is 5.58 Å². The van der Waals surface area contributed by atoms with E-state index >= 15 is 0 Å². The average Bonchev–Trinajstić information content (AvgIpc) is 3.08. The van der Waals surface area contributed by atoms with E-state index in [2.05, 4.69) is 0 Å². The molecular weight excluding hydrogens is 418 g/mol. The Kier molecular flexibility index (Phi) is 4.93. The Morgan fingerprint density at radius 1 is 0.970 bits per heavy atom. The summed E-state index contributed by atoms with van der Waals surface area (Å²) in [6.45, 7) is 4.21. The van der Waals surface area contributed by atoms with E-state index in [1.54, 1.807) is 29.2 Å². The van der Waals surface area contributed by atoms with E-state index < -0.39 is 6.04 Å². The molecule has 5 rings (SSSR count). The average molecular weight is 441 g/mol. The van der Waals surface area contributed by atoms with Gasteiger partial charge in [0, 0.05) is 6.54 Å². The van der Waals surface area contributed by atoms with E-state index in [-0.39, 0.29) is 28.6 Å². The number of nitrogens with zero attached hydrogens (tertiary/aromatic N) is 1. The first kappa shape index (κ1) is 20.8. The number of hydrogen-bond acceptors (Lipinski definition) is 5. The number of aryl methyl sites for hydroxylation is 2. The van der Waals surface area contributed by atoms with Crippen molar-refractivity contribution in [1.82, 2.24) is 4.90 Å². The van der Waals surface area contributed by atoms with Crippen molar-refractivity contribution in [1.29, 1.82) is 0 Å². The van der Waals surface area contributed by atoms with Crippen LogP contribution in [-0.4, -0.2) is 23.0 Å². The summed E-state index contributed by atoms with van der Waals surface area (Å²) in [6.07, 6.45) is 0. The van der Waals surface area contributed by atoms with Gasteiger partial charge < -0.3 is 19.2 Å². The summed E-state index contributed by atoms with van der Waals surface area (Å²) in [4.78, 5) is 28.8. The van der Waals surface area contributed by atoms with Crippen LogP contribution in [0.25, 0.3) is 11.0 Å². The van der Waals surface area contributed by atoms with Crippen LogP contribution in [0.2, 0.25) is 0 Å². The maximum absolute atomic E-state index is 13.6. The topological polar surface area (TPSA) is 80.0 Å². The number of fused-ring (bicyclic) bond motifs is 2. The van der Waals surface area contributed by atoms with Crippen molar-refractivity contribution in [2.75, 3.05) is 7.11 Å². The molecule has 1 aliphatic heterocycles. The molecule has 0 spiro atoms. The van der Waals surface area contributed by atoms with Crippen molar-refractivity contribution < 1.29 is 19.1 Å². The molecule has 0 aliphatic carbocycles. The second-order valence-electron chi connectivity index (χ2n) is 8.43. The van der Waals surface area contributed by atoms with Crippen molar-refractivity contribution in [2.45, 2.75) is 26.4 Å². The van der Waals surface area contributed by atoms with Crippen LogP contribution in [0.15, 0.2) is 69.9 Å². The molecule has 1 atom stereocenters. The quantitative estimate of drug-likeness (QED) is 0.489. The molecule has 6 heteroatoms. The van der Waals surface area contributed by atoms with Gasteiger partial charge in [-0.15, -0.1) is 0 Å². The van der Waals surface area contributed by atoms with Crippen molar-refractivity contribution >= 4 is 16.9 Å². The molecule has 1 amide bonds. The van der Waals surface area contributed by atoms with Crippen LogP contribution in [0.3, 0.4) is 0 Å². The van der Waals surface area contributed by atoms with E-state index in [1.807, 2.05) is 44.2 Å². The Balaban J connectivity index is 1.73. The number of phenols is 1. The van der Waals surface area contributed by atoms with Crippen molar-refractivity contribution in [2.24, 2.45) is 0 Å². The fraction of sp³-hybridized carbons (Fsp3) is 0.185. The van der Waals surface area contributed by atoms with Gasteiger partial charge in [0.25, 0.3) is 5.91 Å². The second-order valence-corrected chi connectivity index (χ2v) is 8.43. The molecule has 0 bridgehead atoms. The Morgan fingerprint density at radius 2 is 1.70 bits per heavy atom. The van der Waals surface area contributed by atoms with Gasteiger partial charge in [-0.25, -0.2) is 0 Å². The number of carbonyl (C=O) groups excluding carboxylic acids is 1. The first-order valence-corrected chi connectivity index (χ1v) is 10.7. The van der Waals surface area contributed by atoms with Crippen LogP contribution in [0.1, 0.15) is 44.4 Å². The van der Waals surface area contributed by atoms with Gasteiger partial charge in [-0.3, -0.25) is 9.59 Å². The zero-order valence-corrected chi connectivity index (χ0v) is 18.6. The summed E-state index contributed by atoms with van der Waals surface area (Å²) in [7, 11) is 1.46. The number of methoxy groups -OCH3 is 1. The molecular formula is C27H23NO5. The summed E-state index contributed by atoms with van der Waals surface area (Å²) in [5, 5.41) is 10.5. The minimum atomic E-state index is -0.676. The molecule has 2 heterocycles. The molecule has 3 aromatic carbocycles. The number of aromatic hydroxyl groups is 1. The first-order valence-electron chi connectivity index (χ1n) is 10.7. The minimum absolute atomic E-state index is 0.0166. The molecule has 1 N–H and O–H groups in total. The van der Waals surface area contributed by atoms with Crippen molar-refractivity contribution in [3.8, 4) is 11.5 Å². The maximum atomic E-state index is 13.6. The number of hydrogen-bond donors (Lipinski definition) is 1. The lowest BCUT2D eigenvalue weighted by Gasteiger charge is -2.25. The van der Waals surface area contributed by atoms with Gasteiger partial charge in [-0.1, -0.05) is 47.5 Å². The molecule has 6 nitrogen and oxygen atoms in total. The third kappa shape index (κ3) is 3.44. The van der Waals surface area contributed by atoms with E-state index in [9.17, 15) is 14.7 Å². The molecule has 1 aliphatic rings. The number of phenolic OH excluding ortho intramolecular Hbond substituents is 1. The fourth-order valence-corrected chi connectivity index (χ4v) is 4.40. The Labute approximate surface area is 190 Å². The fourth-order valence-electron chi connectivity index (χ4n) is 4.40. The van der Waals surface area contributed by atoms with Crippen molar-refractivity contribution in [3.05, 3.63) is 104 Å². The monoisotopic (exact) mass is 441 g/mol. The van der Waals surface area contributed by atoms with Crippen LogP contribution in [0, 0.1) is 13.8 Å². The van der Waals surface area contributed by atoms with Gasteiger partial charge in [0.15, 0.2) is 16.9 Å². The Hall–Kier alpha value is -4.06. The molecule has 0 saturated heterocycles. The number of ether oxygens (including phenoxy) is 1. The highest BCUT2D eigenvalue weighted by Crippen LogP contribution is 2.41. The van der Waals surface area contributed by atoms with Crippen LogP contribution < -0.4 is 10.2 Å². The highest BCUT2D eigenvalue weighted by Gasteiger charge is 2.43. The van der Waals surface area contributed by atoms with Crippen LogP contribution in [-0.2, 0) is 6.54 Å². The number of benzene rings is 3. The molecule has 166 valence electrons. The van der Waals surface area contributed by atoms with Gasteiger partial charge in [0.2, 0.25) is 5.76 Å². The van der Waals surface area contributed by atoms with Gasteiger partial charge in [0.05, 0.1) is 24.1 Å².